The highest BCUT2D eigenvalue weighted by Gasteiger charge is 2.34. The Balaban J connectivity index is 1.68. The molecule has 44 heavy (non-hydrogen) atoms. The van der Waals surface area contributed by atoms with E-state index in [1.165, 1.54) is 6.08 Å². The van der Waals surface area contributed by atoms with Crippen molar-refractivity contribution in [3.63, 3.8) is 0 Å². The molecular weight excluding hydrogens is 595 g/mol. The average Bonchev–Trinajstić information content (AvgIpc) is 3.01. The molecule has 4 heterocycles. The number of hydrogen-bond acceptors (Lipinski definition) is 7. The van der Waals surface area contributed by atoms with Crippen molar-refractivity contribution in [2.24, 2.45) is 0 Å². The molecule has 0 saturated carbocycles. The molecule has 1 fully saturated rings. The Morgan fingerprint density at radius 2 is 2.09 bits per heavy atom. The second kappa shape index (κ2) is 11.7. The van der Waals surface area contributed by atoms with E-state index >= 15 is 0 Å². The van der Waals surface area contributed by atoms with Crippen molar-refractivity contribution in [1.82, 2.24) is 19.4 Å². The zero-order chi connectivity index (χ0) is 31.3. The van der Waals surface area contributed by atoms with Crippen LogP contribution in [0, 0.1) is 18.3 Å². The minimum absolute atomic E-state index is 0.0251. The number of aromatic nitrogens is 3. The van der Waals surface area contributed by atoms with Crippen molar-refractivity contribution in [2.45, 2.75) is 45.8 Å². The fourth-order valence-electron chi connectivity index (χ4n) is 6.34. The number of nitrogens with zero attached hydrogens (tertiary/aromatic N) is 6. The first-order valence-corrected chi connectivity index (χ1v) is 15.4. The molecule has 0 N–H and O–H groups in total. The molecule has 9 nitrogen and oxygen atoms in total. The van der Waals surface area contributed by atoms with Crippen molar-refractivity contribution in [3.05, 3.63) is 81.5 Å². The number of anilines is 1. The number of amides is 1. The summed E-state index contributed by atoms with van der Waals surface area (Å²) in [5, 5.41) is 11.6. The fraction of sp³-hybridized carbons (Fsp3) is 0.303. The van der Waals surface area contributed by atoms with Crippen molar-refractivity contribution in [2.75, 3.05) is 24.5 Å². The molecule has 0 aliphatic carbocycles. The van der Waals surface area contributed by atoms with Crippen LogP contribution >= 0.6 is 20.8 Å². The van der Waals surface area contributed by atoms with Gasteiger partial charge in [-0.1, -0.05) is 50.2 Å². The number of benzene rings is 2. The number of carbonyl (C=O) groups excluding carboxylic acids is 1. The Kier molecular flexibility index (Phi) is 7.91. The lowest BCUT2D eigenvalue weighted by Gasteiger charge is -2.41. The van der Waals surface area contributed by atoms with Gasteiger partial charge in [-0.25, -0.2) is 4.79 Å². The van der Waals surface area contributed by atoms with Crippen LogP contribution in [0.4, 0.5) is 5.82 Å². The van der Waals surface area contributed by atoms with Crippen molar-refractivity contribution in [3.8, 4) is 28.6 Å². The summed E-state index contributed by atoms with van der Waals surface area (Å²) < 4.78 is 8.11. The molecular formula is C33H32ClN6O3P. The van der Waals surface area contributed by atoms with Crippen LogP contribution in [0.15, 0.2) is 54.0 Å². The number of rotatable bonds is 5. The van der Waals surface area contributed by atoms with Crippen molar-refractivity contribution in [1.29, 1.82) is 5.26 Å². The van der Waals surface area contributed by atoms with Crippen molar-refractivity contribution < 1.29 is 9.53 Å². The first kappa shape index (κ1) is 29.8. The Labute approximate surface area is 262 Å². The quantitative estimate of drug-likeness (QED) is 0.226. The number of pyridine rings is 1. The summed E-state index contributed by atoms with van der Waals surface area (Å²) in [6, 6.07) is 11.5. The highest BCUT2D eigenvalue weighted by molar-refractivity contribution is 7.28. The van der Waals surface area contributed by atoms with E-state index in [0.717, 1.165) is 27.7 Å². The van der Waals surface area contributed by atoms with Gasteiger partial charge in [-0.3, -0.25) is 14.3 Å². The van der Waals surface area contributed by atoms with Gasteiger partial charge in [0.15, 0.2) is 5.75 Å². The van der Waals surface area contributed by atoms with Gasteiger partial charge in [0.25, 0.3) is 0 Å². The normalized spacial score (nSPS) is 15.9. The Morgan fingerprint density at radius 1 is 1.30 bits per heavy atom. The first-order chi connectivity index (χ1) is 21.2. The molecule has 6 rings (SSSR count). The molecule has 1 saturated heterocycles. The Bertz CT molecular complexity index is 1950. The maximum Gasteiger partial charge on any atom is 0.354 e. The third kappa shape index (κ3) is 4.83. The highest BCUT2D eigenvalue weighted by Crippen LogP contribution is 2.48. The Morgan fingerprint density at radius 3 is 2.82 bits per heavy atom. The first-order valence-electron chi connectivity index (χ1n) is 14.5. The standard InChI is InChI=1S/C33H32ClN6O3P/c1-5-25(41)39-14-13-38(16-21(39)9-11-35)32-22-15-23(34)27-26-20(7-6-8-24(26)44)17-43-31(27)30(22)40(33(42)37-32)29-19(4)10-12-36-28(29)18(2)3/h5-8,10,12,15,18,21H,1,9,13-14,16-17,44H2,2-4H3/t21-/m1/s1. The van der Waals surface area contributed by atoms with Crippen LogP contribution in [0.25, 0.3) is 27.7 Å². The lowest BCUT2D eigenvalue weighted by Crippen LogP contribution is -2.55. The largest absolute Gasteiger partial charge is 0.486 e. The van der Waals surface area contributed by atoms with E-state index < -0.39 is 11.7 Å². The molecule has 0 radical (unpaired) electrons. The fourth-order valence-corrected chi connectivity index (χ4v) is 7.07. The summed E-state index contributed by atoms with van der Waals surface area (Å²) in [6.45, 7) is 11.0. The number of piperazine rings is 1. The van der Waals surface area contributed by atoms with Gasteiger partial charge in [0.05, 0.1) is 34.9 Å². The topological polar surface area (TPSA) is 104 Å². The number of halogens is 1. The SMILES string of the molecule is C=CC(=O)N1CCN(c2nc(=O)n(-c3c(C)ccnc3C(C)C)c3c4c(c(Cl)cc23)-c2c(P)cccc2CO4)C[C@H]1CC#N. The molecule has 2 aromatic carbocycles. The third-order valence-corrected chi connectivity index (χ3v) is 9.14. The van der Waals surface area contributed by atoms with E-state index in [1.807, 2.05) is 56.0 Å². The van der Waals surface area contributed by atoms with Gasteiger partial charge in [-0.2, -0.15) is 10.2 Å². The summed E-state index contributed by atoms with van der Waals surface area (Å²) in [5.74, 6) is 0.726. The van der Waals surface area contributed by atoms with Gasteiger partial charge in [0.1, 0.15) is 17.9 Å². The molecule has 2 aliphatic rings. The summed E-state index contributed by atoms with van der Waals surface area (Å²) in [6.07, 6.45) is 3.14. The highest BCUT2D eigenvalue weighted by atomic mass is 35.5. The lowest BCUT2D eigenvalue weighted by atomic mass is 9.94. The maximum atomic E-state index is 14.3. The smallest absolute Gasteiger partial charge is 0.354 e. The van der Waals surface area contributed by atoms with Gasteiger partial charge >= 0.3 is 5.69 Å². The van der Waals surface area contributed by atoms with Gasteiger partial charge in [0.2, 0.25) is 5.91 Å². The predicted octanol–water partition coefficient (Wildman–Crippen LogP) is 5.04. The third-order valence-electron chi connectivity index (χ3n) is 8.36. The van der Waals surface area contributed by atoms with Crippen LogP contribution in [0.3, 0.4) is 0 Å². The Hall–Kier alpha value is -4.25. The molecule has 4 aromatic rings. The maximum absolute atomic E-state index is 14.3. The van der Waals surface area contributed by atoms with Crippen LogP contribution in [0.5, 0.6) is 5.75 Å². The molecule has 1 unspecified atom stereocenters. The molecule has 11 heteroatoms. The zero-order valence-electron chi connectivity index (χ0n) is 24.8. The van der Waals surface area contributed by atoms with E-state index in [9.17, 15) is 14.9 Å². The minimum atomic E-state index is -0.481. The van der Waals surface area contributed by atoms with E-state index in [2.05, 4.69) is 31.9 Å². The summed E-state index contributed by atoms with van der Waals surface area (Å²) in [5.41, 5.74) is 5.05. The van der Waals surface area contributed by atoms with Crippen LogP contribution < -0.4 is 20.6 Å². The number of carbonyl (C=O) groups is 1. The molecule has 1 amide bonds. The van der Waals surface area contributed by atoms with E-state index in [1.54, 1.807) is 15.7 Å². The number of ether oxygens (including phenoxy) is 1. The number of aryl methyl sites for hydroxylation is 1. The summed E-state index contributed by atoms with van der Waals surface area (Å²) in [7, 11) is 2.79. The molecule has 2 aliphatic heterocycles. The van der Waals surface area contributed by atoms with E-state index in [4.69, 9.17) is 16.3 Å². The minimum Gasteiger partial charge on any atom is -0.486 e. The zero-order valence-corrected chi connectivity index (χ0v) is 26.7. The molecule has 0 spiro atoms. The van der Waals surface area contributed by atoms with Gasteiger partial charge in [-0.15, -0.1) is 9.24 Å². The number of hydrogen-bond donors (Lipinski definition) is 0. The van der Waals surface area contributed by atoms with Crippen LogP contribution in [0.2, 0.25) is 5.02 Å². The van der Waals surface area contributed by atoms with Gasteiger partial charge in [0, 0.05) is 42.3 Å². The summed E-state index contributed by atoms with van der Waals surface area (Å²) in [4.78, 5) is 39.8. The molecule has 2 atom stereocenters. The molecule has 224 valence electrons. The second-order valence-corrected chi connectivity index (χ2v) is 12.4. The molecule has 2 aromatic heterocycles. The van der Waals surface area contributed by atoms with Crippen LogP contribution in [-0.4, -0.2) is 51.0 Å². The van der Waals surface area contributed by atoms with E-state index in [-0.39, 0.29) is 18.2 Å². The van der Waals surface area contributed by atoms with Crippen molar-refractivity contribution >= 4 is 48.8 Å². The van der Waals surface area contributed by atoms with Gasteiger partial charge in [-0.05, 0) is 47.5 Å². The lowest BCUT2D eigenvalue weighted by molar-refractivity contribution is -0.128. The monoisotopic (exact) mass is 626 g/mol. The van der Waals surface area contributed by atoms with Gasteiger partial charge < -0.3 is 14.5 Å². The van der Waals surface area contributed by atoms with Crippen LogP contribution in [-0.2, 0) is 11.4 Å². The predicted molar refractivity (Wildman–Crippen MR) is 176 cm³/mol. The summed E-state index contributed by atoms with van der Waals surface area (Å²) >= 11 is 7.10. The number of fused-ring (bicyclic) bond motifs is 5. The van der Waals surface area contributed by atoms with E-state index in [0.29, 0.717) is 65.0 Å². The van der Waals surface area contributed by atoms with Crippen LogP contribution in [0.1, 0.15) is 43.0 Å². The second-order valence-electron chi connectivity index (χ2n) is 11.4. The molecule has 0 bridgehead atoms. The number of nitriles is 1. The average molecular weight is 627 g/mol.